The number of rotatable bonds is 5. The lowest BCUT2D eigenvalue weighted by Crippen LogP contribution is -2.49. The molecule has 0 heterocycles. The fourth-order valence-corrected chi connectivity index (χ4v) is 1.99. The predicted octanol–water partition coefficient (Wildman–Crippen LogP) is 2.04. The van der Waals surface area contributed by atoms with Crippen LogP contribution in [0.2, 0.25) is 0 Å². The maximum absolute atomic E-state index is 12.1. The molecule has 0 aliphatic heterocycles. The molecule has 1 aromatic carbocycles. The van der Waals surface area contributed by atoms with Gasteiger partial charge < -0.3 is 16.4 Å². The molecule has 0 saturated carbocycles. The Balaban J connectivity index is 2.72. The highest BCUT2D eigenvalue weighted by atomic mass is 32.2. The van der Waals surface area contributed by atoms with Crippen molar-refractivity contribution in [2.24, 2.45) is 11.7 Å². The maximum Gasteiger partial charge on any atom is 0.312 e. The lowest BCUT2D eigenvalue weighted by Gasteiger charge is -2.20. The van der Waals surface area contributed by atoms with Crippen LogP contribution in [0.25, 0.3) is 0 Å². The van der Waals surface area contributed by atoms with Crippen molar-refractivity contribution in [1.82, 2.24) is 5.32 Å². The Labute approximate surface area is 117 Å². The Morgan fingerprint density at radius 1 is 1.21 bits per heavy atom. The minimum absolute atomic E-state index is 0.0435. The molecular weight excluding hydrogens is 262 g/mol. The van der Waals surface area contributed by atoms with E-state index in [0.717, 1.165) is 4.90 Å². The number of amides is 3. The topological polar surface area (TPSA) is 84.2 Å². The lowest BCUT2D eigenvalue weighted by atomic mass is 10.0. The molecule has 104 valence electrons. The van der Waals surface area contributed by atoms with Crippen molar-refractivity contribution in [3.05, 3.63) is 24.3 Å². The standard InChI is InChI=1S/C13H19N3O2S/c1-8(2)11(16-13(14)18)12(17)15-9-4-6-10(19-3)7-5-9/h4-8,11H,1-3H3,(H,15,17)(H3,14,16,18)/t11-/m1/s1. The Hall–Kier alpha value is -1.69. The highest BCUT2D eigenvalue weighted by Gasteiger charge is 2.23. The molecule has 0 saturated heterocycles. The summed E-state index contributed by atoms with van der Waals surface area (Å²) in [5.41, 5.74) is 5.76. The summed E-state index contributed by atoms with van der Waals surface area (Å²) in [7, 11) is 0. The molecule has 0 aliphatic rings. The first-order valence-corrected chi connectivity index (χ1v) is 7.17. The van der Waals surface area contributed by atoms with Gasteiger partial charge in [0.05, 0.1) is 0 Å². The van der Waals surface area contributed by atoms with Crippen LogP contribution in [0.1, 0.15) is 13.8 Å². The van der Waals surface area contributed by atoms with Gasteiger partial charge in [-0.3, -0.25) is 4.79 Å². The van der Waals surface area contributed by atoms with Gasteiger partial charge in [0.15, 0.2) is 0 Å². The normalized spacial score (nSPS) is 12.0. The summed E-state index contributed by atoms with van der Waals surface area (Å²) in [6.45, 7) is 3.69. The highest BCUT2D eigenvalue weighted by molar-refractivity contribution is 7.98. The summed E-state index contributed by atoms with van der Waals surface area (Å²) in [5.74, 6) is -0.316. The number of primary amides is 1. The Bertz CT molecular complexity index is 446. The summed E-state index contributed by atoms with van der Waals surface area (Å²) in [6, 6.07) is 6.15. The molecule has 0 fully saturated rings. The zero-order valence-electron chi connectivity index (χ0n) is 11.3. The smallest absolute Gasteiger partial charge is 0.312 e. The van der Waals surface area contributed by atoms with Crippen LogP contribution >= 0.6 is 11.8 Å². The zero-order chi connectivity index (χ0) is 14.4. The van der Waals surface area contributed by atoms with Crippen LogP contribution in [-0.4, -0.2) is 24.2 Å². The molecular formula is C13H19N3O2S. The zero-order valence-corrected chi connectivity index (χ0v) is 12.1. The third-order valence-corrected chi connectivity index (χ3v) is 3.35. The molecule has 0 aromatic heterocycles. The van der Waals surface area contributed by atoms with Crippen LogP contribution in [0.5, 0.6) is 0 Å². The number of nitrogens with one attached hydrogen (secondary N) is 2. The van der Waals surface area contributed by atoms with Crippen LogP contribution in [0.3, 0.4) is 0 Å². The molecule has 1 aromatic rings. The molecule has 0 aliphatic carbocycles. The fourth-order valence-electron chi connectivity index (χ4n) is 1.58. The molecule has 4 N–H and O–H groups in total. The Morgan fingerprint density at radius 2 is 1.79 bits per heavy atom. The number of carbonyl (C=O) groups is 2. The van der Waals surface area contributed by atoms with Crippen molar-refractivity contribution in [2.45, 2.75) is 24.8 Å². The highest BCUT2D eigenvalue weighted by Crippen LogP contribution is 2.18. The SMILES string of the molecule is CSc1ccc(NC(=O)[C@H](NC(N)=O)C(C)C)cc1. The third-order valence-electron chi connectivity index (χ3n) is 2.60. The van der Waals surface area contributed by atoms with E-state index >= 15 is 0 Å². The van der Waals surface area contributed by atoms with Gasteiger partial charge in [0, 0.05) is 10.6 Å². The number of hydrogen-bond acceptors (Lipinski definition) is 3. The van der Waals surface area contributed by atoms with Crippen LogP contribution < -0.4 is 16.4 Å². The van der Waals surface area contributed by atoms with E-state index in [9.17, 15) is 9.59 Å². The minimum atomic E-state index is -0.702. The summed E-state index contributed by atoms with van der Waals surface area (Å²) in [6.07, 6.45) is 1.99. The van der Waals surface area contributed by atoms with Crippen LogP contribution in [-0.2, 0) is 4.79 Å². The minimum Gasteiger partial charge on any atom is -0.352 e. The van der Waals surface area contributed by atoms with Gasteiger partial charge in [-0.05, 0) is 36.4 Å². The van der Waals surface area contributed by atoms with Crippen molar-refractivity contribution in [3.8, 4) is 0 Å². The van der Waals surface area contributed by atoms with Gasteiger partial charge in [0.25, 0.3) is 0 Å². The largest absolute Gasteiger partial charge is 0.352 e. The van der Waals surface area contributed by atoms with Gasteiger partial charge >= 0.3 is 6.03 Å². The molecule has 1 atom stereocenters. The molecule has 0 bridgehead atoms. The molecule has 6 heteroatoms. The number of nitrogens with two attached hydrogens (primary N) is 1. The number of thioether (sulfide) groups is 1. The third kappa shape index (κ3) is 4.82. The monoisotopic (exact) mass is 281 g/mol. The number of benzene rings is 1. The van der Waals surface area contributed by atoms with Gasteiger partial charge in [0.2, 0.25) is 5.91 Å². The van der Waals surface area contributed by atoms with Crippen molar-refractivity contribution in [2.75, 3.05) is 11.6 Å². The number of carbonyl (C=O) groups excluding carboxylic acids is 2. The second-order valence-corrected chi connectivity index (χ2v) is 5.33. The maximum atomic E-state index is 12.1. The molecule has 3 amide bonds. The number of hydrogen-bond donors (Lipinski definition) is 3. The number of urea groups is 1. The number of anilines is 1. The van der Waals surface area contributed by atoms with E-state index in [4.69, 9.17) is 5.73 Å². The molecule has 0 spiro atoms. The quantitative estimate of drug-likeness (QED) is 0.722. The summed E-state index contributed by atoms with van der Waals surface area (Å²) in [5, 5.41) is 5.21. The Kier molecular flexibility index (Phi) is 5.69. The van der Waals surface area contributed by atoms with E-state index in [1.54, 1.807) is 11.8 Å². The molecule has 0 radical (unpaired) electrons. The van der Waals surface area contributed by atoms with E-state index in [0.29, 0.717) is 5.69 Å². The average molecular weight is 281 g/mol. The first-order chi connectivity index (χ1) is 8.93. The van der Waals surface area contributed by atoms with Crippen molar-refractivity contribution in [1.29, 1.82) is 0 Å². The molecule has 0 unspecified atom stereocenters. The lowest BCUT2D eigenvalue weighted by molar-refractivity contribution is -0.118. The average Bonchev–Trinajstić information content (AvgIpc) is 2.36. The van der Waals surface area contributed by atoms with E-state index in [1.165, 1.54) is 0 Å². The summed E-state index contributed by atoms with van der Waals surface area (Å²) in [4.78, 5) is 24.1. The van der Waals surface area contributed by atoms with Gasteiger partial charge in [-0.25, -0.2) is 4.79 Å². The molecule has 5 nitrogen and oxygen atoms in total. The van der Waals surface area contributed by atoms with E-state index < -0.39 is 12.1 Å². The Morgan fingerprint density at radius 3 is 2.21 bits per heavy atom. The first kappa shape index (κ1) is 15.4. The van der Waals surface area contributed by atoms with Gasteiger partial charge in [-0.1, -0.05) is 13.8 Å². The first-order valence-electron chi connectivity index (χ1n) is 5.95. The van der Waals surface area contributed by atoms with Crippen LogP contribution in [0.15, 0.2) is 29.2 Å². The molecule has 19 heavy (non-hydrogen) atoms. The van der Waals surface area contributed by atoms with E-state index in [1.807, 2.05) is 44.4 Å². The van der Waals surface area contributed by atoms with Gasteiger partial charge in [0.1, 0.15) is 6.04 Å². The van der Waals surface area contributed by atoms with Crippen molar-refractivity contribution < 1.29 is 9.59 Å². The van der Waals surface area contributed by atoms with Gasteiger partial charge in [-0.2, -0.15) is 0 Å². The summed E-state index contributed by atoms with van der Waals surface area (Å²) >= 11 is 1.63. The second-order valence-electron chi connectivity index (χ2n) is 4.45. The second kappa shape index (κ2) is 7.04. The molecule has 1 rings (SSSR count). The fraction of sp³-hybridized carbons (Fsp3) is 0.385. The van der Waals surface area contributed by atoms with Crippen molar-refractivity contribution in [3.63, 3.8) is 0 Å². The predicted molar refractivity (Wildman–Crippen MR) is 78.2 cm³/mol. The van der Waals surface area contributed by atoms with E-state index in [-0.39, 0.29) is 11.8 Å². The van der Waals surface area contributed by atoms with Gasteiger partial charge in [-0.15, -0.1) is 11.8 Å². The van der Waals surface area contributed by atoms with Crippen molar-refractivity contribution >= 4 is 29.4 Å². The van der Waals surface area contributed by atoms with Crippen LogP contribution in [0.4, 0.5) is 10.5 Å². The van der Waals surface area contributed by atoms with E-state index in [2.05, 4.69) is 10.6 Å². The van der Waals surface area contributed by atoms with Crippen LogP contribution in [0, 0.1) is 5.92 Å². The summed E-state index contributed by atoms with van der Waals surface area (Å²) < 4.78 is 0.